The highest BCUT2D eigenvalue weighted by atomic mass is 16.2. The molecule has 0 bridgehead atoms. The van der Waals surface area contributed by atoms with Crippen molar-refractivity contribution in [2.45, 2.75) is 6.42 Å². The molecule has 78 valence electrons. The fourth-order valence-electron chi connectivity index (χ4n) is 0.866. The van der Waals surface area contributed by atoms with E-state index in [2.05, 4.69) is 18.5 Å². The Balaban J connectivity index is 3.54. The maximum Gasteiger partial charge on any atom is 0.245 e. The Hall–Kier alpha value is -1.58. The van der Waals surface area contributed by atoms with Crippen LogP contribution in [0.1, 0.15) is 6.42 Å². The Kier molecular flexibility index (Phi) is 6.11. The van der Waals surface area contributed by atoms with Crippen LogP contribution in [0, 0.1) is 0 Å². The van der Waals surface area contributed by atoms with Gasteiger partial charge in [-0.05, 0) is 18.6 Å². The minimum atomic E-state index is -0.192. The molecule has 0 radical (unpaired) electrons. The Morgan fingerprint density at radius 2 is 2.00 bits per heavy atom. The lowest BCUT2D eigenvalue weighted by molar-refractivity contribution is -0.124. The van der Waals surface area contributed by atoms with Crippen molar-refractivity contribution in [3.8, 4) is 0 Å². The maximum absolute atomic E-state index is 11.0. The molecule has 0 aliphatic heterocycles. The molecule has 0 spiro atoms. The number of nitrogens with one attached hydrogen (secondary N) is 1. The van der Waals surface area contributed by atoms with Gasteiger partial charge in [-0.3, -0.25) is 9.59 Å². The first kappa shape index (κ1) is 12.4. The van der Waals surface area contributed by atoms with Crippen molar-refractivity contribution in [3.63, 3.8) is 0 Å². The molecule has 14 heavy (non-hydrogen) atoms. The molecule has 0 atom stereocenters. The van der Waals surface area contributed by atoms with Crippen molar-refractivity contribution in [1.29, 1.82) is 0 Å². The molecule has 4 heteroatoms. The standard InChI is InChI=1S/C10H16N2O2/c1-4-9(13)11-7-6-8-12(3)10(14)5-2/h4-5H,1-2,6-8H2,3H3,(H,11,13). The zero-order chi connectivity index (χ0) is 11.0. The van der Waals surface area contributed by atoms with Crippen LogP contribution < -0.4 is 5.32 Å². The second-order valence-corrected chi connectivity index (χ2v) is 2.81. The largest absolute Gasteiger partial charge is 0.353 e. The lowest BCUT2D eigenvalue weighted by atomic mass is 10.3. The summed E-state index contributed by atoms with van der Waals surface area (Å²) in [7, 11) is 1.69. The summed E-state index contributed by atoms with van der Waals surface area (Å²) in [5.74, 6) is -0.303. The highest BCUT2D eigenvalue weighted by Gasteiger charge is 2.02. The molecule has 0 aromatic carbocycles. The Morgan fingerprint density at radius 3 is 2.50 bits per heavy atom. The van der Waals surface area contributed by atoms with Crippen LogP contribution in [0.25, 0.3) is 0 Å². The van der Waals surface area contributed by atoms with Gasteiger partial charge in [-0.25, -0.2) is 0 Å². The second kappa shape index (κ2) is 6.88. The molecule has 1 N–H and O–H groups in total. The smallest absolute Gasteiger partial charge is 0.245 e. The van der Waals surface area contributed by atoms with Gasteiger partial charge >= 0.3 is 0 Å². The van der Waals surface area contributed by atoms with Crippen LogP contribution in [-0.2, 0) is 9.59 Å². The van der Waals surface area contributed by atoms with Crippen molar-refractivity contribution in [1.82, 2.24) is 10.2 Å². The Labute approximate surface area is 84.3 Å². The van der Waals surface area contributed by atoms with Gasteiger partial charge < -0.3 is 10.2 Å². The second-order valence-electron chi connectivity index (χ2n) is 2.81. The summed E-state index contributed by atoms with van der Waals surface area (Å²) in [6, 6.07) is 0. The van der Waals surface area contributed by atoms with E-state index in [1.54, 1.807) is 11.9 Å². The molecule has 0 aliphatic carbocycles. The topological polar surface area (TPSA) is 49.4 Å². The number of carbonyl (C=O) groups is 2. The van der Waals surface area contributed by atoms with Crippen molar-refractivity contribution in [2.75, 3.05) is 20.1 Å². The van der Waals surface area contributed by atoms with Crippen LogP contribution in [0.2, 0.25) is 0 Å². The minimum Gasteiger partial charge on any atom is -0.353 e. The number of hydrogen-bond acceptors (Lipinski definition) is 2. The average molecular weight is 196 g/mol. The summed E-state index contributed by atoms with van der Waals surface area (Å²) in [5.41, 5.74) is 0. The van der Waals surface area contributed by atoms with E-state index in [1.807, 2.05) is 0 Å². The van der Waals surface area contributed by atoms with Crippen molar-refractivity contribution in [2.24, 2.45) is 0 Å². The van der Waals surface area contributed by atoms with E-state index in [1.165, 1.54) is 12.2 Å². The van der Waals surface area contributed by atoms with Gasteiger partial charge in [0.1, 0.15) is 0 Å². The van der Waals surface area contributed by atoms with Gasteiger partial charge in [-0.15, -0.1) is 0 Å². The van der Waals surface area contributed by atoms with Gasteiger partial charge in [-0.1, -0.05) is 13.2 Å². The van der Waals surface area contributed by atoms with Gasteiger partial charge in [0.2, 0.25) is 11.8 Å². The summed E-state index contributed by atoms with van der Waals surface area (Å²) in [6.07, 6.45) is 3.20. The molecule has 0 aromatic heterocycles. The molecule has 0 rings (SSSR count). The quantitative estimate of drug-likeness (QED) is 0.491. The Morgan fingerprint density at radius 1 is 1.36 bits per heavy atom. The normalized spacial score (nSPS) is 8.93. The molecule has 2 amide bonds. The Bertz CT molecular complexity index is 236. The van der Waals surface area contributed by atoms with Gasteiger partial charge in [0.15, 0.2) is 0 Å². The third-order valence-electron chi connectivity index (χ3n) is 1.71. The summed E-state index contributed by atoms with van der Waals surface area (Å²) < 4.78 is 0. The van der Waals surface area contributed by atoms with Crippen molar-refractivity contribution in [3.05, 3.63) is 25.3 Å². The minimum absolute atomic E-state index is 0.111. The SMILES string of the molecule is C=CC(=O)NCCCN(C)C(=O)C=C. The van der Waals surface area contributed by atoms with Crippen LogP contribution >= 0.6 is 0 Å². The van der Waals surface area contributed by atoms with E-state index in [0.29, 0.717) is 13.1 Å². The third-order valence-corrected chi connectivity index (χ3v) is 1.71. The zero-order valence-electron chi connectivity index (χ0n) is 8.45. The maximum atomic E-state index is 11.0. The van der Waals surface area contributed by atoms with E-state index in [0.717, 1.165) is 6.42 Å². The van der Waals surface area contributed by atoms with Gasteiger partial charge in [0.25, 0.3) is 0 Å². The predicted octanol–water partition coefficient (Wildman–Crippen LogP) is 0.323. The number of carbonyl (C=O) groups excluding carboxylic acids is 2. The summed E-state index contributed by atoms with van der Waals surface area (Å²) in [5, 5.41) is 2.62. The molecule has 0 saturated carbocycles. The van der Waals surface area contributed by atoms with Crippen LogP contribution in [0.15, 0.2) is 25.3 Å². The summed E-state index contributed by atoms with van der Waals surface area (Å²) in [4.78, 5) is 23.3. The molecule has 0 saturated heterocycles. The van der Waals surface area contributed by atoms with E-state index < -0.39 is 0 Å². The average Bonchev–Trinajstić information content (AvgIpc) is 2.22. The van der Waals surface area contributed by atoms with Crippen LogP contribution in [0.3, 0.4) is 0 Å². The van der Waals surface area contributed by atoms with Crippen molar-refractivity contribution >= 4 is 11.8 Å². The highest BCUT2D eigenvalue weighted by Crippen LogP contribution is 1.88. The first-order chi connectivity index (χ1) is 6.61. The molecular formula is C10H16N2O2. The number of likely N-dealkylation sites (N-methyl/N-ethyl adjacent to an activating group) is 1. The monoisotopic (exact) mass is 196 g/mol. The number of hydrogen-bond donors (Lipinski definition) is 1. The molecule has 0 fully saturated rings. The lowest BCUT2D eigenvalue weighted by Crippen LogP contribution is -2.29. The van der Waals surface area contributed by atoms with E-state index in [4.69, 9.17) is 0 Å². The molecule has 0 aromatic rings. The van der Waals surface area contributed by atoms with Crippen molar-refractivity contribution < 1.29 is 9.59 Å². The molecule has 0 heterocycles. The highest BCUT2D eigenvalue weighted by molar-refractivity contribution is 5.87. The van der Waals surface area contributed by atoms with Gasteiger partial charge in [0, 0.05) is 20.1 Å². The van der Waals surface area contributed by atoms with Crippen LogP contribution in [0.5, 0.6) is 0 Å². The number of nitrogens with zero attached hydrogens (tertiary/aromatic N) is 1. The lowest BCUT2D eigenvalue weighted by Gasteiger charge is -2.14. The zero-order valence-corrected chi connectivity index (χ0v) is 8.45. The first-order valence-electron chi connectivity index (χ1n) is 4.39. The van der Waals surface area contributed by atoms with Gasteiger partial charge in [0.05, 0.1) is 0 Å². The fourth-order valence-corrected chi connectivity index (χ4v) is 0.866. The van der Waals surface area contributed by atoms with Crippen LogP contribution in [-0.4, -0.2) is 36.9 Å². The predicted molar refractivity (Wildman–Crippen MR) is 55.7 cm³/mol. The molecular weight excluding hydrogens is 180 g/mol. The summed E-state index contributed by atoms with van der Waals surface area (Å²) >= 11 is 0. The molecule has 0 unspecified atom stereocenters. The third kappa shape index (κ3) is 5.13. The van der Waals surface area contributed by atoms with E-state index in [-0.39, 0.29) is 11.8 Å². The van der Waals surface area contributed by atoms with Gasteiger partial charge in [-0.2, -0.15) is 0 Å². The molecule has 4 nitrogen and oxygen atoms in total. The van der Waals surface area contributed by atoms with E-state index >= 15 is 0 Å². The van der Waals surface area contributed by atoms with Crippen LogP contribution in [0.4, 0.5) is 0 Å². The fraction of sp³-hybridized carbons (Fsp3) is 0.400. The first-order valence-corrected chi connectivity index (χ1v) is 4.39. The number of amides is 2. The number of rotatable bonds is 6. The molecule has 0 aliphatic rings. The van der Waals surface area contributed by atoms with E-state index in [9.17, 15) is 9.59 Å². The summed E-state index contributed by atoms with van der Waals surface area (Å²) in [6.45, 7) is 7.84.